The molecule has 5 heteroatoms. The van der Waals surface area contributed by atoms with Crippen LogP contribution in [-0.2, 0) is 4.79 Å². The van der Waals surface area contributed by atoms with Gasteiger partial charge in [-0.25, -0.2) is 4.79 Å². The Balaban J connectivity index is 2.55. The molecule has 1 aliphatic rings. The average molecular weight is 242 g/mol. The highest BCUT2D eigenvalue weighted by atomic mass is 16.4. The van der Waals surface area contributed by atoms with Crippen molar-refractivity contribution >= 4 is 12.0 Å². The van der Waals surface area contributed by atoms with Crippen LogP contribution in [0.15, 0.2) is 0 Å². The molecule has 17 heavy (non-hydrogen) atoms. The van der Waals surface area contributed by atoms with Gasteiger partial charge in [-0.1, -0.05) is 13.8 Å². The largest absolute Gasteiger partial charge is 0.480 e. The first kappa shape index (κ1) is 13.8. The van der Waals surface area contributed by atoms with E-state index in [2.05, 4.69) is 5.32 Å². The van der Waals surface area contributed by atoms with Gasteiger partial charge in [0.1, 0.15) is 6.54 Å². The molecule has 0 atom stereocenters. The summed E-state index contributed by atoms with van der Waals surface area (Å²) in [5.74, 6) is -0.714. The number of carboxylic acid groups (broad SMARTS) is 1. The molecule has 0 radical (unpaired) electrons. The number of carboxylic acids is 1. The van der Waals surface area contributed by atoms with Crippen LogP contribution in [-0.4, -0.2) is 40.6 Å². The molecule has 5 nitrogen and oxygen atoms in total. The van der Waals surface area contributed by atoms with Crippen molar-refractivity contribution in [1.82, 2.24) is 10.2 Å². The third-order valence-corrected chi connectivity index (χ3v) is 3.06. The summed E-state index contributed by atoms with van der Waals surface area (Å²) in [5, 5.41) is 11.7. The molecule has 1 aliphatic carbocycles. The maximum absolute atomic E-state index is 12.0. The van der Waals surface area contributed by atoms with Gasteiger partial charge in [-0.05, 0) is 32.1 Å². The second kappa shape index (κ2) is 5.38. The number of hydrogen-bond acceptors (Lipinski definition) is 2. The molecule has 1 fully saturated rings. The lowest BCUT2D eigenvalue weighted by molar-refractivity contribution is -0.137. The summed E-state index contributed by atoms with van der Waals surface area (Å²) in [7, 11) is 0. The Morgan fingerprint density at radius 1 is 1.41 bits per heavy atom. The van der Waals surface area contributed by atoms with E-state index >= 15 is 0 Å². The quantitative estimate of drug-likeness (QED) is 0.770. The minimum absolute atomic E-state index is 0.134. The number of hydrogen-bond donors (Lipinski definition) is 2. The van der Waals surface area contributed by atoms with Crippen molar-refractivity contribution in [2.75, 3.05) is 13.1 Å². The van der Waals surface area contributed by atoms with Crippen molar-refractivity contribution in [2.24, 2.45) is 5.92 Å². The van der Waals surface area contributed by atoms with Crippen LogP contribution in [0.2, 0.25) is 0 Å². The number of aliphatic carboxylic acids is 1. The highest BCUT2D eigenvalue weighted by Crippen LogP contribution is 2.31. The SMILES string of the molecule is CC(C)CN(CC(=O)O)C(=O)NC1(C)CCC1. The van der Waals surface area contributed by atoms with Crippen molar-refractivity contribution in [3.8, 4) is 0 Å². The average Bonchev–Trinajstić information content (AvgIpc) is 2.12. The molecular formula is C12H22N2O3. The fraction of sp³-hybridized carbons (Fsp3) is 0.833. The molecule has 0 aromatic carbocycles. The number of carbonyl (C=O) groups is 2. The van der Waals surface area contributed by atoms with Crippen LogP contribution in [0, 0.1) is 5.92 Å². The topological polar surface area (TPSA) is 69.6 Å². The Kier molecular flexibility index (Phi) is 4.37. The second-order valence-electron chi connectivity index (χ2n) is 5.51. The molecule has 98 valence electrons. The summed E-state index contributed by atoms with van der Waals surface area (Å²) in [4.78, 5) is 24.1. The maximum atomic E-state index is 12.0. The number of urea groups is 1. The maximum Gasteiger partial charge on any atom is 0.323 e. The Morgan fingerprint density at radius 3 is 2.35 bits per heavy atom. The zero-order valence-corrected chi connectivity index (χ0v) is 10.8. The van der Waals surface area contributed by atoms with Crippen LogP contribution in [0.4, 0.5) is 4.79 Å². The number of nitrogens with one attached hydrogen (secondary N) is 1. The molecule has 0 unspecified atom stereocenters. The summed E-state index contributed by atoms with van der Waals surface area (Å²) in [6, 6.07) is -0.261. The van der Waals surface area contributed by atoms with Crippen LogP contribution in [0.1, 0.15) is 40.0 Å². The molecule has 1 rings (SSSR count). The first-order valence-corrected chi connectivity index (χ1v) is 6.11. The third kappa shape index (κ3) is 4.24. The van der Waals surface area contributed by atoms with Gasteiger partial charge in [0.2, 0.25) is 0 Å². The predicted octanol–water partition coefficient (Wildman–Crippen LogP) is 1.68. The summed E-state index contributed by atoms with van der Waals surface area (Å²) in [6.45, 7) is 6.16. The molecule has 0 saturated heterocycles. The summed E-state index contributed by atoms with van der Waals surface area (Å²) < 4.78 is 0. The van der Waals surface area contributed by atoms with Crippen molar-refractivity contribution in [2.45, 2.75) is 45.6 Å². The molecule has 0 aromatic rings. The van der Waals surface area contributed by atoms with Crippen molar-refractivity contribution in [1.29, 1.82) is 0 Å². The summed E-state index contributed by atoms with van der Waals surface area (Å²) in [5.41, 5.74) is -0.134. The Labute approximate surface area is 102 Å². The number of nitrogens with zero attached hydrogens (tertiary/aromatic N) is 1. The van der Waals surface area contributed by atoms with E-state index in [-0.39, 0.29) is 24.0 Å². The standard InChI is InChI=1S/C12H22N2O3/c1-9(2)7-14(8-10(15)16)11(17)13-12(3)5-4-6-12/h9H,4-8H2,1-3H3,(H,13,17)(H,15,16). The van der Waals surface area contributed by atoms with Gasteiger partial charge < -0.3 is 15.3 Å². The smallest absolute Gasteiger partial charge is 0.323 e. The van der Waals surface area contributed by atoms with E-state index in [4.69, 9.17) is 5.11 Å². The Morgan fingerprint density at radius 2 is 2.00 bits per heavy atom. The third-order valence-electron chi connectivity index (χ3n) is 3.06. The van der Waals surface area contributed by atoms with Crippen molar-refractivity contribution in [3.63, 3.8) is 0 Å². The van der Waals surface area contributed by atoms with E-state index in [1.54, 1.807) is 0 Å². The molecule has 0 aromatic heterocycles. The lowest BCUT2D eigenvalue weighted by atomic mass is 9.79. The highest BCUT2D eigenvalue weighted by Gasteiger charge is 2.34. The minimum atomic E-state index is -0.973. The second-order valence-corrected chi connectivity index (χ2v) is 5.51. The molecule has 0 spiro atoms. The van der Waals surface area contributed by atoms with Crippen LogP contribution < -0.4 is 5.32 Å². The molecule has 0 aliphatic heterocycles. The number of amides is 2. The Hall–Kier alpha value is -1.26. The minimum Gasteiger partial charge on any atom is -0.480 e. The monoisotopic (exact) mass is 242 g/mol. The highest BCUT2D eigenvalue weighted by molar-refractivity contribution is 5.80. The van der Waals surface area contributed by atoms with E-state index in [1.807, 2.05) is 20.8 Å². The molecule has 2 N–H and O–H groups in total. The molecule has 2 amide bonds. The fourth-order valence-corrected chi connectivity index (χ4v) is 1.99. The molecule has 1 saturated carbocycles. The summed E-state index contributed by atoms with van der Waals surface area (Å²) >= 11 is 0. The number of rotatable bonds is 5. The van der Waals surface area contributed by atoms with E-state index < -0.39 is 5.97 Å². The fourth-order valence-electron chi connectivity index (χ4n) is 1.99. The van der Waals surface area contributed by atoms with Crippen molar-refractivity contribution < 1.29 is 14.7 Å². The first-order chi connectivity index (χ1) is 7.82. The zero-order chi connectivity index (χ0) is 13.1. The van der Waals surface area contributed by atoms with Gasteiger partial charge in [0, 0.05) is 12.1 Å². The first-order valence-electron chi connectivity index (χ1n) is 6.11. The van der Waals surface area contributed by atoms with Crippen LogP contribution in [0.5, 0.6) is 0 Å². The van der Waals surface area contributed by atoms with Gasteiger partial charge in [0.05, 0.1) is 0 Å². The lowest BCUT2D eigenvalue weighted by Gasteiger charge is -2.40. The van der Waals surface area contributed by atoms with E-state index in [0.29, 0.717) is 6.54 Å². The van der Waals surface area contributed by atoms with Gasteiger partial charge in [-0.2, -0.15) is 0 Å². The Bertz CT molecular complexity index is 298. The van der Waals surface area contributed by atoms with Gasteiger partial charge in [-0.3, -0.25) is 4.79 Å². The molecule has 0 bridgehead atoms. The van der Waals surface area contributed by atoms with E-state index in [9.17, 15) is 9.59 Å². The lowest BCUT2D eigenvalue weighted by Crippen LogP contribution is -2.56. The van der Waals surface area contributed by atoms with Crippen molar-refractivity contribution in [3.05, 3.63) is 0 Å². The van der Waals surface area contributed by atoms with Gasteiger partial charge in [0.15, 0.2) is 0 Å². The van der Waals surface area contributed by atoms with Crippen LogP contribution in [0.3, 0.4) is 0 Å². The zero-order valence-electron chi connectivity index (χ0n) is 10.8. The molecule has 0 heterocycles. The number of carbonyl (C=O) groups excluding carboxylic acids is 1. The van der Waals surface area contributed by atoms with E-state index in [1.165, 1.54) is 4.90 Å². The van der Waals surface area contributed by atoms with E-state index in [0.717, 1.165) is 19.3 Å². The van der Waals surface area contributed by atoms with Gasteiger partial charge in [-0.15, -0.1) is 0 Å². The van der Waals surface area contributed by atoms with Crippen LogP contribution in [0.25, 0.3) is 0 Å². The molecular weight excluding hydrogens is 220 g/mol. The predicted molar refractivity (Wildman–Crippen MR) is 64.8 cm³/mol. The van der Waals surface area contributed by atoms with Gasteiger partial charge in [0.25, 0.3) is 0 Å². The van der Waals surface area contributed by atoms with Gasteiger partial charge >= 0.3 is 12.0 Å². The normalized spacial score (nSPS) is 17.4. The van der Waals surface area contributed by atoms with Crippen LogP contribution >= 0.6 is 0 Å². The summed E-state index contributed by atoms with van der Waals surface area (Å²) in [6.07, 6.45) is 3.07.